The third-order valence-electron chi connectivity index (χ3n) is 1.91. The highest BCUT2D eigenvalue weighted by molar-refractivity contribution is 5.69. The Kier molecular flexibility index (Phi) is 4.78. The second kappa shape index (κ2) is 5.94. The summed E-state index contributed by atoms with van der Waals surface area (Å²) >= 11 is 0. The average Bonchev–Trinajstić information content (AvgIpc) is 2.16. The van der Waals surface area contributed by atoms with Crippen molar-refractivity contribution in [2.75, 3.05) is 19.6 Å². The van der Waals surface area contributed by atoms with Gasteiger partial charge in [0.1, 0.15) is 0 Å². The topological polar surface area (TPSA) is 50.4 Å². The lowest BCUT2D eigenvalue weighted by molar-refractivity contribution is -0.151. The van der Waals surface area contributed by atoms with Crippen LogP contribution >= 0.6 is 0 Å². The third kappa shape index (κ3) is 4.24. The van der Waals surface area contributed by atoms with Crippen LogP contribution in [-0.2, 0) is 9.53 Å². The summed E-state index contributed by atoms with van der Waals surface area (Å²) in [6.45, 7) is 6.17. The van der Waals surface area contributed by atoms with Crippen molar-refractivity contribution in [1.29, 1.82) is 0 Å². The molecule has 0 aromatic rings. The minimum Gasteiger partial charge on any atom is -0.445 e. The highest BCUT2D eigenvalue weighted by atomic mass is 16.6. The predicted octanol–water partition coefficient (Wildman–Crippen LogP) is 0.0529. The van der Waals surface area contributed by atoms with Crippen LogP contribution in [0.3, 0.4) is 0 Å². The van der Waals surface area contributed by atoms with Gasteiger partial charge in [0.15, 0.2) is 6.23 Å². The van der Waals surface area contributed by atoms with Gasteiger partial charge >= 0.3 is 5.97 Å². The number of ether oxygens (including phenoxy) is 1. The summed E-state index contributed by atoms with van der Waals surface area (Å²) in [4.78, 5) is 11.2. The quantitative estimate of drug-likeness (QED) is 0.608. The molecule has 1 heterocycles. The summed E-state index contributed by atoms with van der Waals surface area (Å²) in [6.07, 6.45) is 1.91. The largest absolute Gasteiger partial charge is 0.445 e. The first-order valence-electron chi connectivity index (χ1n) is 4.76. The number of unbranched alkanes of at least 4 members (excludes halogenated alkanes) is 1. The fourth-order valence-corrected chi connectivity index (χ4v) is 1.20. The van der Waals surface area contributed by atoms with Crippen LogP contribution in [0.5, 0.6) is 0 Å². The van der Waals surface area contributed by atoms with E-state index in [4.69, 9.17) is 4.74 Å². The van der Waals surface area contributed by atoms with Crippen LogP contribution in [0.15, 0.2) is 0 Å². The fraction of sp³-hybridized carbons (Fsp3) is 0.778. The lowest BCUT2D eigenvalue weighted by atomic mass is 10.2. The molecular formula is C9H17N2O2. The van der Waals surface area contributed by atoms with Gasteiger partial charge in [0, 0.05) is 26.1 Å². The van der Waals surface area contributed by atoms with E-state index < -0.39 is 0 Å². The molecule has 1 fully saturated rings. The standard InChI is InChI=1S/C9H17N2O2/c1-2-3-4-9(12)13-8-7-10-5-6-11-8/h8,10-11H,1-7H2. The van der Waals surface area contributed by atoms with Gasteiger partial charge in [0.25, 0.3) is 0 Å². The molecule has 0 aromatic carbocycles. The second-order valence-corrected chi connectivity index (χ2v) is 3.09. The Morgan fingerprint density at radius 2 is 2.38 bits per heavy atom. The number of hydrogen-bond donors (Lipinski definition) is 2. The molecule has 4 heteroatoms. The van der Waals surface area contributed by atoms with Crippen molar-refractivity contribution in [2.24, 2.45) is 0 Å². The molecule has 1 aliphatic heterocycles. The lowest BCUT2D eigenvalue weighted by Gasteiger charge is -2.24. The molecule has 0 aliphatic carbocycles. The third-order valence-corrected chi connectivity index (χ3v) is 1.91. The number of carbonyl (C=O) groups excluding carboxylic acids is 1. The predicted molar refractivity (Wildman–Crippen MR) is 50.0 cm³/mol. The van der Waals surface area contributed by atoms with E-state index in [2.05, 4.69) is 17.6 Å². The summed E-state index contributed by atoms with van der Waals surface area (Å²) in [5, 5.41) is 6.25. The Labute approximate surface area is 79.0 Å². The maximum absolute atomic E-state index is 11.2. The first kappa shape index (κ1) is 10.5. The summed E-state index contributed by atoms with van der Waals surface area (Å²) in [5.41, 5.74) is 0. The molecule has 1 unspecified atom stereocenters. The number of hydrogen-bond acceptors (Lipinski definition) is 4. The molecule has 0 bridgehead atoms. The first-order valence-corrected chi connectivity index (χ1v) is 4.76. The zero-order chi connectivity index (χ0) is 9.52. The van der Waals surface area contributed by atoms with E-state index in [9.17, 15) is 4.79 Å². The summed E-state index contributed by atoms with van der Waals surface area (Å²) in [6, 6.07) is 0. The number of rotatable bonds is 4. The van der Waals surface area contributed by atoms with Gasteiger partial charge in [-0.15, -0.1) is 0 Å². The Morgan fingerprint density at radius 3 is 3.00 bits per heavy atom. The summed E-state index contributed by atoms with van der Waals surface area (Å²) in [5.74, 6) is -0.134. The van der Waals surface area contributed by atoms with Crippen LogP contribution in [0.25, 0.3) is 0 Å². The highest BCUT2D eigenvalue weighted by Gasteiger charge is 2.15. The van der Waals surface area contributed by atoms with Gasteiger partial charge in [-0.25, -0.2) is 0 Å². The Bertz CT molecular complexity index is 156. The molecule has 75 valence electrons. The maximum Gasteiger partial charge on any atom is 0.307 e. The van der Waals surface area contributed by atoms with E-state index in [0.717, 1.165) is 25.9 Å². The Balaban J connectivity index is 2.11. The number of esters is 1. The second-order valence-electron chi connectivity index (χ2n) is 3.09. The van der Waals surface area contributed by atoms with E-state index in [1.54, 1.807) is 0 Å². The molecule has 0 amide bonds. The zero-order valence-corrected chi connectivity index (χ0v) is 7.84. The van der Waals surface area contributed by atoms with Crippen LogP contribution in [0.2, 0.25) is 0 Å². The van der Waals surface area contributed by atoms with Crippen molar-refractivity contribution < 1.29 is 9.53 Å². The monoisotopic (exact) mass is 185 g/mol. The molecule has 2 N–H and O–H groups in total. The van der Waals surface area contributed by atoms with E-state index in [1.807, 2.05) is 0 Å². The molecule has 1 saturated heterocycles. The van der Waals surface area contributed by atoms with Gasteiger partial charge in [-0.2, -0.15) is 0 Å². The average molecular weight is 185 g/mol. The maximum atomic E-state index is 11.2. The molecular weight excluding hydrogens is 168 g/mol. The van der Waals surface area contributed by atoms with Gasteiger partial charge in [-0.05, 0) is 6.42 Å². The van der Waals surface area contributed by atoms with Crippen molar-refractivity contribution in [3.63, 3.8) is 0 Å². The molecule has 0 saturated carbocycles. The van der Waals surface area contributed by atoms with Gasteiger partial charge in [0.05, 0.1) is 0 Å². The molecule has 0 aromatic heterocycles. The van der Waals surface area contributed by atoms with Crippen LogP contribution < -0.4 is 10.6 Å². The summed E-state index contributed by atoms with van der Waals surface area (Å²) < 4.78 is 5.15. The van der Waals surface area contributed by atoms with Crippen molar-refractivity contribution >= 4 is 5.97 Å². The number of piperazine rings is 1. The van der Waals surface area contributed by atoms with Gasteiger partial charge in [0.2, 0.25) is 0 Å². The molecule has 1 aliphatic rings. The minimum atomic E-state index is -0.147. The zero-order valence-electron chi connectivity index (χ0n) is 7.84. The van der Waals surface area contributed by atoms with Crippen molar-refractivity contribution in [3.8, 4) is 0 Å². The molecule has 1 radical (unpaired) electrons. The van der Waals surface area contributed by atoms with Gasteiger partial charge in [-0.1, -0.05) is 13.3 Å². The Hall–Kier alpha value is -0.610. The Morgan fingerprint density at radius 1 is 1.54 bits per heavy atom. The minimum absolute atomic E-state index is 0.134. The van der Waals surface area contributed by atoms with Crippen molar-refractivity contribution in [2.45, 2.75) is 25.5 Å². The normalized spacial score (nSPS) is 22.7. The highest BCUT2D eigenvalue weighted by Crippen LogP contribution is 1.99. The van der Waals surface area contributed by atoms with Crippen LogP contribution in [0.4, 0.5) is 0 Å². The van der Waals surface area contributed by atoms with E-state index >= 15 is 0 Å². The van der Waals surface area contributed by atoms with E-state index in [1.165, 1.54) is 0 Å². The summed E-state index contributed by atoms with van der Waals surface area (Å²) in [7, 11) is 0. The fourth-order valence-electron chi connectivity index (χ4n) is 1.20. The molecule has 0 spiro atoms. The van der Waals surface area contributed by atoms with Crippen LogP contribution in [0.1, 0.15) is 19.3 Å². The van der Waals surface area contributed by atoms with E-state index in [-0.39, 0.29) is 12.2 Å². The van der Waals surface area contributed by atoms with Crippen molar-refractivity contribution in [3.05, 3.63) is 6.92 Å². The first-order chi connectivity index (χ1) is 6.33. The number of nitrogens with one attached hydrogen (secondary N) is 2. The van der Waals surface area contributed by atoms with Crippen LogP contribution in [-0.4, -0.2) is 31.8 Å². The molecule has 4 nitrogen and oxygen atoms in total. The van der Waals surface area contributed by atoms with Gasteiger partial charge < -0.3 is 10.1 Å². The SMILES string of the molecule is [CH2]CCCC(=O)OC1CNCCN1. The molecule has 1 atom stereocenters. The van der Waals surface area contributed by atoms with Crippen LogP contribution in [0, 0.1) is 6.92 Å². The molecule has 1 rings (SSSR count). The molecule has 13 heavy (non-hydrogen) atoms. The smallest absolute Gasteiger partial charge is 0.307 e. The number of carbonyl (C=O) groups is 1. The van der Waals surface area contributed by atoms with Gasteiger partial charge in [-0.3, -0.25) is 10.1 Å². The van der Waals surface area contributed by atoms with Crippen molar-refractivity contribution in [1.82, 2.24) is 10.6 Å². The lowest BCUT2D eigenvalue weighted by Crippen LogP contribution is -2.50. The van der Waals surface area contributed by atoms with E-state index in [0.29, 0.717) is 13.0 Å².